The Morgan fingerprint density at radius 2 is 2.00 bits per heavy atom. The zero-order chi connectivity index (χ0) is 11.1. The number of ether oxygens (including phenoxy) is 1. The summed E-state index contributed by atoms with van der Waals surface area (Å²) in [5, 5.41) is 6.80. The highest BCUT2D eigenvalue weighted by Gasteiger charge is 2.15. The fourth-order valence-electron chi connectivity index (χ4n) is 1.19. The zero-order valence-corrected chi connectivity index (χ0v) is 8.32. The summed E-state index contributed by atoms with van der Waals surface area (Å²) in [5.41, 5.74) is -0.0150. The van der Waals surface area contributed by atoms with Crippen LogP contribution in [0, 0.1) is 0 Å². The molecule has 0 spiro atoms. The third-order valence-corrected chi connectivity index (χ3v) is 2.70. The zero-order valence-electron chi connectivity index (χ0n) is 7.50. The molecule has 0 atom stereocenters. The van der Waals surface area contributed by atoms with Gasteiger partial charge in [-0.2, -0.15) is 0 Å². The summed E-state index contributed by atoms with van der Waals surface area (Å²) in [6.45, 7) is 0. The van der Waals surface area contributed by atoms with E-state index in [0.29, 0.717) is 5.75 Å². The van der Waals surface area contributed by atoms with Crippen molar-refractivity contribution >= 4 is 21.2 Å². The molecule has 7 nitrogen and oxygen atoms in total. The molecule has 2 rings (SSSR count). The van der Waals surface area contributed by atoms with Gasteiger partial charge in [-0.05, 0) is 22.4 Å². The first-order valence-electron chi connectivity index (χ1n) is 3.79. The predicted molar refractivity (Wildman–Crippen MR) is 46.3 cm³/mol. The van der Waals surface area contributed by atoms with Gasteiger partial charge in [0.1, 0.15) is 15.9 Å². The van der Waals surface area contributed by atoms with Crippen molar-refractivity contribution in [3.05, 3.63) is 12.1 Å². The van der Waals surface area contributed by atoms with Crippen molar-refractivity contribution in [2.45, 2.75) is 4.90 Å². The predicted octanol–water partition coefficient (Wildman–Crippen LogP) is 0.135. The lowest BCUT2D eigenvalue weighted by molar-refractivity contribution is 0.313. The fraction of sp³-hybridized carbons (Fsp3) is 0.143. The Bertz CT molecular complexity index is 603. The van der Waals surface area contributed by atoms with Gasteiger partial charge >= 0.3 is 0 Å². The quantitative estimate of drug-likeness (QED) is 0.674. The summed E-state index contributed by atoms with van der Waals surface area (Å²) in [4.78, 5) is -0.473. The van der Waals surface area contributed by atoms with Crippen LogP contribution >= 0.6 is 0 Å². The van der Waals surface area contributed by atoms with Crippen LogP contribution in [0.5, 0.6) is 5.75 Å². The van der Waals surface area contributed by atoms with Gasteiger partial charge in [-0.3, -0.25) is 0 Å². The number of nitrogens with zero attached hydrogens (tertiary/aromatic N) is 2. The molecule has 15 heavy (non-hydrogen) atoms. The van der Waals surface area contributed by atoms with E-state index in [-0.39, 0.29) is 11.0 Å². The van der Waals surface area contributed by atoms with Crippen LogP contribution in [0.4, 0.5) is 0 Å². The lowest BCUT2D eigenvalue weighted by Crippen LogP contribution is -2.00. The summed E-state index contributed by atoms with van der Waals surface area (Å²) in [5.74, 6) is 0.290. The molecule has 0 amide bonds. The molecule has 0 saturated carbocycles. The summed E-state index contributed by atoms with van der Waals surface area (Å²) in [7, 11) is -3.21. The van der Waals surface area contributed by atoms with Crippen LogP contribution in [0.25, 0.3) is 11.0 Å². The van der Waals surface area contributed by atoms with Crippen molar-refractivity contribution in [2.24, 2.45) is 0 Å². The lowest BCUT2D eigenvalue weighted by Gasteiger charge is -2.07. The van der Waals surface area contributed by atoms with E-state index in [9.17, 15) is 13.0 Å². The van der Waals surface area contributed by atoms with Crippen LogP contribution < -0.4 is 4.74 Å². The monoisotopic (exact) mass is 229 g/mol. The van der Waals surface area contributed by atoms with Gasteiger partial charge in [0.15, 0.2) is 11.0 Å². The van der Waals surface area contributed by atoms with Gasteiger partial charge < -0.3 is 9.29 Å². The summed E-state index contributed by atoms with van der Waals surface area (Å²) < 4.78 is 41.8. The Morgan fingerprint density at radius 1 is 1.33 bits per heavy atom. The fourth-order valence-corrected chi connectivity index (χ4v) is 1.79. The standard InChI is InChI=1S/C7H6N2O5S/c1-13-4-2-3-5(15(10,11)12)7-6(4)8-14-9-7/h2-3H,1H3,(H,10,11,12)/p-1. The maximum Gasteiger partial charge on any atom is 0.178 e. The highest BCUT2D eigenvalue weighted by Crippen LogP contribution is 2.27. The Morgan fingerprint density at radius 3 is 2.60 bits per heavy atom. The molecule has 0 radical (unpaired) electrons. The summed E-state index contributed by atoms with van der Waals surface area (Å²) in [6, 6.07) is 2.42. The van der Waals surface area contributed by atoms with Crippen molar-refractivity contribution in [3.63, 3.8) is 0 Å². The smallest absolute Gasteiger partial charge is 0.178 e. The van der Waals surface area contributed by atoms with E-state index in [0.717, 1.165) is 6.07 Å². The van der Waals surface area contributed by atoms with Crippen molar-refractivity contribution in [1.82, 2.24) is 10.3 Å². The summed E-state index contributed by atoms with van der Waals surface area (Å²) in [6.07, 6.45) is 0. The van der Waals surface area contributed by atoms with E-state index in [1.54, 1.807) is 0 Å². The Hall–Kier alpha value is -1.67. The number of aromatic nitrogens is 2. The topological polar surface area (TPSA) is 105 Å². The molecule has 2 aromatic rings. The third-order valence-electron chi connectivity index (χ3n) is 1.83. The van der Waals surface area contributed by atoms with Crippen molar-refractivity contribution in [1.29, 1.82) is 0 Å². The molecule has 0 aliphatic heterocycles. The Kier molecular flexibility index (Phi) is 2.09. The van der Waals surface area contributed by atoms with E-state index < -0.39 is 15.0 Å². The van der Waals surface area contributed by atoms with Crippen LogP contribution in [-0.2, 0) is 10.1 Å². The van der Waals surface area contributed by atoms with Crippen LogP contribution in [0.15, 0.2) is 21.7 Å². The van der Waals surface area contributed by atoms with Gasteiger partial charge in [-0.1, -0.05) is 0 Å². The molecular weight excluding hydrogens is 224 g/mol. The highest BCUT2D eigenvalue weighted by atomic mass is 32.2. The average molecular weight is 229 g/mol. The molecule has 0 unspecified atom stereocenters. The van der Waals surface area contributed by atoms with Gasteiger partial charge in [-0.25, -0.2) is 13.0 Å². The maximum atomic E-state index is 10.8. The molecule has 80 valence electrons. The first-order valence-corrected chi connectivity index (χ1v) is 5.20. The van der Waals surface area contributed by atoms with Crippen LogP contribution in [0.1, 0.15) is 0 Å². The van der Waals surface area contributed by atoms with Crippen molar-refractivity contribution in [3.8, 4) is 5.75 Å². The number of benzene rings is 1. The average Bonchev–Trinajstić information content (AvgIpc) is 2.62. The van der Waals surface area contributed by atoms with E-state index in [4.69, 9.17) is 4.74 Å². The molecule has 1 aromatic carbocycles. The lowest BCUT2D eigenvalue weighted by atomic mass is 10.3. The summed E-state index contributed by atoms with van der Waals surface area (Å²) >= 11 is 0. The molecule has 0 saturated heterocycles. The minimum Gasteiger partial charge on any atom is -0.744 e. The van der Waals surface area contributed by atoms with Crippen molar-refractivity contribution < 1.29 is 22.3 Å². The van der Waals surface area contributed by atoms with Crippen LogP contribution in [0.3, 0.4) is 0 Å². The second-order valence-corrected chi connectivity index (χ2v) is 4.03. The molecule has 0 fully saturated rings. The third kappa shape index (κ3) is 1.53. The first kappa shape index (κ1) is 9.87. The Balaban J connectivity index is 2.86. The molecule has 1 aromatic heterocycles. The first-order chi connectivity index (χ1) is 7.04. The largest absolute Gasteiger partial charge is 0.744 e. The number of rotatable bonds is 2. The van der Waals surface area contributed by atoms with E-state index in [1.165, 1.54) is 13.2 Å². The van der Waals surface area contributed by atoms with Gasteiger partial charge in [-0.15, -0.1) is 0 Å². The normalized spacial score (nSPS) is 11.9. The molecule has 1 heterocycles. The molecular formula is C7H5N2O5S-. The SMILES string of the molecule is COc1ccc(S(=O)(=O)[O-])c2nonc12. The molecule has 0 aliphatic rings. The molecule has 8 heteroatoms. The van der Waals surface area contributed by atoms with E-state index in [1.807, 2.05) is 0 Å². The van der Waals surface area contributed by atoms with E-state index in [2.05, 4.69) is 14.9 Å². The number of methoxy groups -OCH3 is 1. The Labute approximate surface area is 84.4 Å². The second kappa shape index (κ2) is 3.17. The van der Waals surface area contributed by atoms with Crippen molar-refractivity contribution in [2.75, 3.05) is 7.11 Å². The minimum absolute atomic E-state index is 0.106. The second-order valence-electron chi connectivity index (χ2n) is 2.68. The van der Waals surface area contributed by atoms with Gasteiger partial charge in [0.05, 0.1) is 12.0 Å². The number of fused-ring (bicyclic) bond motifs is 1. The van der Waals surface area contributed by atoms with Crippen LogP contribution in [-0.4, -0.2) is 30.4 Å². The maximum absolute atomic E-state index is 10.8. The van der Waals surface area contributed by atoms with Gasteiger partial charge in [0.25, 0.3) is 0 Å². The molecule has 0 N–H and O–H groups in total. The number of hydrogen-bond donors (Lipinski definition) is 0. The van der Waals surface area contributed by atoms with E-state index >= 15 is 0 Å². The highest BCUT2D eigenvalue weighted by molar-refractivity contribution is 7.86. The van der Waals surface area contributed by atoms with Gasteiger partial charge in [0.2, 0.25) is 0 Å². The number of hydrogen-bond acceptors (Lipinski definition) is 7. The van der Waals surface area contributed by atoms with Crippen LogP contribution in [0.2, 0.25) is 0 Å². The van der Waals surface area contributed by atoms with Gasteiger partial charge in [0, 0.05) is 0 Å². The minimum atomic E-state index is -4.59. The molecule has 0 bridgehead atoms. The molecule has 0 aliphatic carbocycles.